The fourth-order valence-corrected chi connectivity index (χ4v) is 3.20. The first kappa shape index (κ1) is 17.1. The van der Waals surface area contributed by atoms with Gasteiger partial charge in [-0.3, -0.25) is 4.98 Å². The fraction of sp³-hybridized carbons (Fsp3) is 0.0435. The molecule has 0 N–H and O–H groups in total. The first-order valence-electron chi connectivity index (χ1n) is 9.10. The lowest BCUT2D eigenvalue weighted by Gasteiger charge is -2.08. The minimum Gasteiger partial charge on any atom is -0.497 e. The van der Waals surface area contributed by atoms with E-state index in [9.17, 15) is 0 Å². The molecule has 6 heteroatoms. The van der Waals surface area contributed by atoms with Crippen LogP contribution in [0.15, 0.2) is 83.5 Å². The van der Waals surface area contributed by atoms with Crippen LogP contribution in [0.25, 0.3) is 45.1 Å². The molecule has 2 aromatic carbocycles. The summed E-state index contributed by atoms with van der Waals surface area (Å²) >= 11 is 0. The molecule has 0 unspecified atom stereocenters. The highest BCUT2D eigenvalue weighted by Gasteiger charge is 2.16. The molecule has 29 heavy (non-hydrogen) atoms. The van der Waals surface area contributed by atoms with Crippen LogP contribution in [0.2, 0.25) is 0 Å². The molecule has 5 aromatic rings. The third-order valence-corrected chi connectivity index (χ3v) is 4.67. The van der Waals surface area contributed by atoms with E-state index >= 15 is 0 Å². The van der Waals surface area contributed by atoms with E-state index in [4.69, 9.17) is 14.1 Å². The van der Waals surface area contributed by atoms with Crippen molar-refractivity contribution in [3.05, 3.63) is 79.1 Å². The number of rotatable bonds is 4. The molecule has 0 radical (unpaired) electrons. The van der Waals surface area contributed by atoms with Crippen molar-refractivity contribution in [3.63, 3.8) is 0 Å². The second-order valence-corrected chi connectivity index (χ2v) is 6.45. The predicted octanol–water partition coefficient (Wildman–Crippen LogP) is 5.02. The highest BCUT2D eigenvalue weighted by Crippen LogP contribution is 2.33. The zero-order chi connectivity index (χ0) is 19.6. The molecular weight excluding hydrogens is 364 g/mol. The van der Waals surface area contributed by atoms with Crippen molar-refractivity contribution in [1.29, 1.82) is 0 Å². The van der Waals surface area contributed by atoms with Gasteiger partial charge < -0.3 is 9.15 Å². The first-order chi connectivity index (χ1) is 14.3. The molecule has 0 aliphatic rings. The molecule has 140 valence electrons. The third kappa shape index (κ3) is 3.21. The second-order valence-electron chi connectivity index (χ2n) is 6.45. The number of methoxy groups -OCH3 is 1. The first-order valence-corrected chi connectivity index (χ1v) is 9.10. The summed E-state index contributed by atoms with van der Waals surface area (Å²) < 4.78 is 11.2. The van der Waals surface area contributed by atoms with Crippen LogP contribution in [-0.2, 0) is 0 Å². The van der Waals surface area contributed by atoms with E-state index in [-0.39, 0.29) is 0 Å². The SMILES string of the molecule is COc1ccc(-c2cc(-c3nnc(-c4cccnc4)o3)c3ccccc3n2)cc1. The number of pyridine rings is 2. The van der Waals surface area contributed by atoms with Crippen LogP contribution in [0, 0.1) is 0 Å². The second kappa shape index (κ2) is 7.16. The molecule has 3 heterocycles. The van der Waals surface area contributed by atoms with Crippen molar-refractivity contribution in [2.75, 3.05) is 7.11 Å². The maximum absolute atomic E-state index is 5.98. The molecule has 3 aromatic heterocycles. The minimum absolute atomic E-state index is 0.431. The number of hydrogen-bond acceptors (Lipinski definition) is 6. The number of fused-ring (bicyclic) bond motifs is 1. The normalized spacial score (nSPS) is 10.9. The molecular formula is C23H16N4O2. The average molecular weight is 380 g/mol. The van der Waals surface area contributed by atoms with Gasteiger partial charge in [0.25, 0.3) is 0 Å². The van der Waals surface area contributed by atoms with E-state index in [1.807, 2.05) is 66.7 Å². The summed E-state index contributed by atoms with van der Waals surface area (Å²) in [4.78, 5) is 8.92. The van der Waals surface area contributed by atoms with Crippen molar-refractivity contribution >= 4 is 10.9 Å². The Kier molecular flexibility index (Phi) is 4.22. The Balaban J connectivity index is 1.66. The van der Waals surface area contributed by atoms with Gasteiger partial charge in [0, 0.05) is 23.3 Å². The Labute approximate surface area is 166 Å². The Bertz CT molecular complexity index is 1280. The summed E-state index contributed by atoms with van der Waals surface area (Å²) in [6.07, 6.45) is 3.41. The summed E-state index contributed by atoms with van der Waals surface area (Å²) in [6.45, 7) is 0. The summed E-state index contributed by atoms with van der Waals surface area (Å²) in [5.41, 5.74) is 4.27. The lowest BCUT2D eigenvalue weighted by molar-refractivity contribution is 0.415. The summed E-state index contributed by atoms with van der Waals surface area (Å²) in [6, 6.07) is 21.4. The number of ether oxygens (including phenoxy) is 1. The highest BCUT2D eigenvalue weighted by atomic mass is 16.5. The monoisotopic (exact) mass is 380 g/mol. The van der Waals surface area contributed by atoms with Crippen molar-refractivity contribution in [3.8, 4) is 39.9 Å². The van der Waals surface area contributed by atoms with Gasteiger partial charge in [0.05, 0.1) is 29.4 Å². The molecule has 0 bridgehead atoms. The van der Waals surface area contributed by atoms with Crippen LogP contribution in [-0.4, -0.2) is 27.3 Å². The highest BCUT2D eigenvalue weighted by molar-refractivity contribution is 5.94. The lowest BCUT2D eigenvalue weighted by Crippen LogP contribution is -1.90. The zero-order valence-electron chi connectivity index (χ0n) is 15.6. The van der Waals surface area contributed by atoms with Gasteiger partial charge in [-0.15, -0.1) is 10.2 Å². The summed E-state index contributed by atoms with van der Waals surface area (Å²) in [7, 11) is 1.65. The van der Waals surface area contributed by atoms with E-state index in [0.717, 1.165) is 39.0 Å². The van der Waals surface area contributed by atoms with E-state index in [2.05, 4.69) is 15.2 Å². The Hall–Kier alpha value is -4.06. The van der Waals surface area contributed by atoms with Crippen LogP contribution < -0.4 is 4.74 Å². The Morgan fingerprint density at radius 3 is 2.45 bits per heavy atom. The number of aromatic nitrogens is 4. The smallest absolute Gasteiger partial charge is 0.249 e. The lowest BCUT2D eigenvalue weighted by atomic mass is 10.0. The molecule has 0 spiro atoms. The Morgan fingerprint density at radius 1 is 0.828 bits per heavy atom. The van der Waals surface area contributed by atoms with Crippen LogP contribution >= 0.6 is 0 Å². The maximum Gasteiger partial charge on any atom is 0.249 e. The van der Waals surface area contributed by atoms with Gasteiger partial charge in [-0.25, -0.2) is 4.98 Å². The van der Waals surface area contributed by atoms with Crippen molar-refractivity contribution in [1.82, 2.24) is 20.2 Å². The van der Waals surface area contributed by atoms with Crippen LogP contribution in [0.4, 0.5) is 0 Å². The fourth-order valence-electron chi connectivity index (χ4n) is 3.20. The van der Waals surface area contributed by atoms with Crippen molar-refractivity contribution in [2.45, 2.75) is 0 Å². The van der Waals surface area contributed by atoms with Gasteiger partial charge in [0.2, 0.25) is 11.8 Å². The summed E-state index contributed by atoms with van der Waals surface area (Å²) in [5, 5.41) is 9.43. The van der Waals surface area contributed by atoms with Crippen LogP contribution in [0.5, 0.6) is 5.75 Å². The topological polar surface area (TPSA) is 73.9 Å². The largest absolute Gasteiger partial charge is 0.497 e. The molecule has 0 saturated carbocycles. The average Bonchev–Trinajstić information content (AvgIpc) is 3.29. The number of hydrogen-bond donors (Lipinski definition) is 0. The number of nitrogens with zero attached hydrogens (tertiary/aromatic N) is 4. The van der Waals surface area contributed by atoms with Gasteiger partial charge in [-0.1, -0.05) is 18.2 Å². The number of benzene rings is 2. The summed E-state index contributed by atoms with van der Waals surface area (Å²) in [5.74, 6) is 1.67. The van der Waals surface area contributed by atoms with Crippen molar-refractivity contribution in [2.24, 2.45) is 0 Å². The Morgan fingerprint density at radius 2 is 1.66 bits per heavy atom. The molecule has 0 aliphatic heterocycles. The van der Waals surface area contributed by atoms with Crippen LogP contribution in [0.3, 0.4) is 0 Å². The quantitative estimate of drug-likeness (QED) is 0.436. The van der Waals surface area contributed by atoms with Gasteiger partial charge in [-0.05, 0) is 48.5 Å². The predicted molar refractivity (Wildman–Crippen MR) is 110 cm³/mol. The van der Waals surface area contributed by atoms with Gasteiger partial charge >= 0.3 is 0 Å². The standard InChI is InChI=1S/C23H16N4O2/c1-28-17-10-8-15(9-11-17)21-13-19(18-6-2-3-7-20(18)25-21)23-27-26-22(29-23)16-5-4-12-24-14-16/h2-14H,1H3. The van der Waals surface area contributed by atoms with Gasteiger partial charge in [-0.2, -0.15) is 0 Å². The van der Waals surface area contributed by atoms with Gasteiger partial charge in [0.15, 0.2) is 0 Å². The molecule has 0 fully saturated rings. The molecule has 0 amide bonds. The van der Waals surface area contributed by atoms with Gasteiger partial charge in [0.1, 0.15) is 5.75 Å². The van der Waals surface area contributed by atoms with Crippen molar-refractivity contribution < 1.29 is 9.15 Å². The van der Waals surface area contributed by atoms with E-state index < -0.39 is 0 Å². The molecule has 0 saturated heterocycles. The van der Waals surface area contributed by atoms with E-state index in [0.29, 0.717) is 11.8 Å². The third-order valence-electron chi connectivity index (χ3n) is 4.67. The van der Waals surface area contributed by atoms with E-state index in [1.54, 1.807) is 19.5 Å². The molecule has 6 nitrogen and oxygen atoms in total. The number of para-hydroxylation sites is 1. The van der Waals surface area contributed by atoms with E-state index in [1.165, 1.54) is 0 Å². The molecule has 5 rings (SSSR count). The maximum atomic E-state index is 5.98. The molecule has 0 atom stereocenters. The minimum atomic E-state index is 0.431. The van der Waals surface area contributed by atoms with Crippen LogP contribution in [0.1, 0.15) is 0 Å². The zero-order valence-corrected chi connectivity index (χ0v) is 15.6. The molecule has 0 aliphatic carbocycles.